The smallest absolute Gasteiger partial charge is 0.261 e. The molecule has 6 nitrogen and oxygen atoms in total. The van der Waals surface area contributed by atoms with E-state index in [0.29, 0.717) is 30.2 Å². The number of carbonyl (C=O) groups excluding carboxylic acids is 2. The Morgan fingerprint density at radius 1 is 1.00 bits per heavy atom. The van der Waals surface area contributed by atoms with Gasteiger partial charge in [0, 0.05) is 24.2 Å². The topological polar surface area (TPSA) is 84.0 Å². The molecular weight excluding hydrogens is 360 g/mol. The van der Waals surface area contributed by atoms with E-state index in [2.05, 4.69) is 20.6 Å². The quantitative estimate of drug-likeness (QED) is 0.642. The van der Waals surface area contributed by atoms with Gasteiger partial charge in [0.2, 0.25) is 5.91 Å². The molecule has 2 aromatic heterocycles. The molecular formula is C20H22N4O2S. The molecule has 0 unspecified atom stereocenters. The number of fused-ring (bicyclic) bond motifs is 1. The molecule has 0 spiro atoms. The Balaban J connectivity index is 1.54. The number of hydrogen-bond donors (Lipinski definition) is 2. The fourth-order valence-electron chi connectivity index (χ4n) is 2.99. The van der Waals surface area contributed by atoms with Crippen molar-refractivity contribution in [2.75, 3.05) is 13.1 Å². The Morgan fingerprint density at radius 3 is 2.44 bits per heavy atom. The minimum atomic E-state index is -0.148. The summed E-state index contributed by atoms with van der Waals surface area (Å²) in [6.45, 7) is 6.46. The van der Waals surface area contributed by atoms with E-state index in [-0.39, 0.29) is 11.8 Å². The van der Waals surface area contributed by atoms with Crippen molar-refractivity contribution in [3.8, 4) is 0 Å². The van der Waals surface area contributed by atoms with Gasteiger partial charge in [0.05, 0.1) is 11.3 Å². The van der Waals surface area contributed by atoms with E-state index in [1.165, 1.54) is 11.3 Å². The van der Waals surface area contributed by atoms with Crippen molar-refractivity contribution in [1.82, 2.24) is 20.6 Å². The summed E-state index contributed by atoms with van der Waals surface area (Å²) < 4.78 is 0. The number of rotatable bonds is 6. The third-order valence-electron chi connectivity index (χ3n) is 4.23. The van der Waals surface area contributed by atoms with Gasteiger partial charge in [0.15, 0.2) is 0 Å². The third-order valence-corrected chi connectivity index (χ3v) is 5.41. The van der Waals surface area contributed by atoms with Crippen LogP contribution in [0.2, 0.25) is 0 Å². The monoisotopic (exact) mass is 382 g/mol. The summed E-state index contributed by atoms with van der Waals surface area (Å²) >= 11 is 1.38. The van der Waals surface area contributed by atoms with Crippen LogP contribution in [0.1, 0.15) is 32.3 Å². The zero-order valence-electron chi connectivity index (χ0n) is 15.6. The lowest BCUT2D eigenvalue weighted by Crippen LogP contribution is -2.35. The zero-order chi connectivity index (χ0) is 19.4. The second kappa shape index (κ2) is 8.26. The molecule has 3 rings (SSSR count). The van der Waals surface area contributed by atoms with Crippen LogP contribution in [0.5, 0.6) is 0 Å². The second-order valence-electron chi connectivity index (χ2n) is 6.36. The van der Waals surface area contributed by atoms with Crippen LogP contribution in [0, 0.1) is 20.8 Å². The molecule has 0 saturated carbocycles. The molecule has 140 valence electrons. The van der Waals surface area contributed by atoms with Gasteiger partial charge in [-0.3, -0.25) is 9.59 Å². The Kier molecular flexibility index (Phi) is 5.81. The second-order valence-corrected chi connectivity index (χ2v) is 7.36. The van der Waals surface area contributed by atoms with Gasteiger partial charge in [0.25, 0.3) is 5.91 Å². The van der Waals surface area contributed by atoms with E-state index in [1.54, 1.807) is 0 Å². The van der Waals surface area contributed by atoms with Crippen molar-refractivity contribution in [2.24, 2.45) is 0 Å². The number of nitrogens with one attached hydrogen (secondary N) is 2. The largest absolute Gasteiger partial charge is 0.354 e. The number of thiophene rings is 1. The predicted molar refractivity (Wildman–Crippen MR) is 107 cm³/mol. The molecule has 2 heterocycles. The number of amides is 2. The van der Waals surface area contributed by atoms with Crippen LogP contribution in [0.15, 0.2) is 30.3 Å². The first-order valence-electron chi connectivity index (χ1n) is 8.79. The SMILES string of the molecule is Cc1nc(C)c2c(C)c(C(=O)NCCNC(=O)Cc3ccccc3)sc2n1. The maximum absolute atomic E-state index is 12.5. The molecule has 2 amide bonds. The first-order chi connectivity index (χ1) is 13.0. The molecule has 3 aromatic rings. The van der Waals surface area contributed by atoms with E-state index in [1.807, 2.05) is 51.1 Å². The molecule has 7 heteroatoms. The number of hydrogen-bond acceptors (Lipinski definition) is 5. The van der Waals surface area contributed by atoms with Crippen LogP contribution < -0.4 is 10.6 Å². The van der Waals surface area contributed by atoms with Crippen LogP contribution in [-0.2, 0) is 11.2 Å². The number of nitrogens with zero attached hydrogens (tertiary/aromatic N) is 2. The molecule has 1 aromatic carbocycles. The van der Waals surface area contributed by atoms with Crippen LogP contribution in [0.25, 0.3) is 10.2 Å². The average Bonchev–Trinajstić information content (AvgIpc) is 2.96. The Morgan fingerprint density at radius 2 is 1.70 bits per heavy atom. The van der Waals surface area contributed by atoms with Gasteiger partial charge in [-0.25, -0.2) is 9.97 Å². The molecule has 0 aliphatic rings. The number of carbonyl (C=O) groups is 2. The van der Waals surface area contributed by atoms with Gasteiger partial charge in [-0.1, -0.05) is 30.3 Å². The predicted octanol–water partition coefficient (Wildman–Crippen LogP) is 2.71. The van der Waals surface area contributed by atoms with Crippen molar-refractivity contribution >= 4 is 33.4 Å². The first-order valence-corrected chi connectivity index (χ1v) is 9.60. The molecule has 0 atom stereocenters. The maximum Gasteiger partial charge on any atom is 0.261 e. The van der Waals surface area contributed by atoms with E-state index in [4.69, 9.17) is 0 Å². The van der Waals surface area contributed by atoms with Gasteiger partial charge in [-0.2, -0.15) is 0 Å². The fourth-order valence-corrected chi connectivity index (χ4v) is 4.19. The van der Waals surface area contributed by atoms with Crippen LogP contribution in [-0.4, -0.2) is 34.9 Å². The summed E-state index contributed by atoms with van der Waals surface area (Å²) in [7, 11) is 0. The molecule has 0 bridgehead atoms. The summed E-state index contributed by atoms with van der Waals surface area (Å²) in [5, 5.41) is 6.64. The van der Waals surface area contributed by atoms with Crippen molar-refractivity contribution in [3.05, 3.63) is 57.9 Å². The summed E-state index contributed by atoms with van der Waals surface area (Å²) in [5.41, 5.74) is 2.75. The lowest BCUT2D eigenvalue weighted by molar-refractivity contribution is -0.120. The zero-order valence-corrected chi connectivity index (χ0v) is 16.4. The molecule has 0 aliphatic heterocycles. The molecule has 0 saturated heterocycles. The van der Waals surface area contributed by atoms with E-state index in [9.17, 15) is 9.59 Å². The van der Waals surface area contributed by atoms with Crippen molar-refractivity contribution < 1.29 is 9.59 Å². The fraction of sp³-hybridized carbons (Fsp3) is 0.300. The van der Waals surface area contributed by atoms with Gasteiger partial charge < -0.3 is 10.6 Å². The normalized spacial score (nSPS) is 10.8. The maximum atomic E-state index is 12.5. The lowest BCUT2D eigenvalue weighted by Gasteiger charge is -2.07. The highest BCUT2D eigenvalue weighted by molar-refractivity contribution is 7.20. The highest BCUT2D eigenvalue weighted by atomic mass is 32.1. The van der Waals surface area contributed by atoms with E-state index in [0.717, 1.165) is 27.0 Å². The number of aromatic nitrogens is 2. The van der Waals surface area contributed by atoms with Gasteiger partial charge in [-0.15, -0.1) is 11.3 Å². The summed E-state index contributed by atoms with van der Waals surface area (Å²) in [6.07, 6.45) is 0.335. The van der Waals surface area contributed by atoms with Crippen LogP contribution in [0.3, 0.4) is 0 Å². The minimum Gasteiger partial charge on any atom is -0.354 e. The van der Waals surface area contributed by atoms with E-state index >= 15 is 0 Å². The highest BCUT2D eigenvalue weighted by Crippen LogP contribution is 2.31. The summed E-state index contributed by atoms with van der Waals surface area (Å²) in [4.78, 5) is 34.7. The third kappa shape index (κ3) is 4.49. The summed E-state index contributed by atoms with van der Waals surface area (Å²) in [6, 6.07) is 9.56. The molecule has 0 aliphatic carbocycles. The van der Waals surface area contributed by atoms with Gasteiger partial charge in [-0.05, 0) is 31.9 Å². The average molecular weight is 382 g/mol. The van der Waals surface area contributed by atoms with Gasteiger partial charge >= 0.3 is 0 Å². The summed E-state index contributed by atoms with van der Waals surface area (Å²) in [5.74, 6) is 0.495. The highest BCUT2D eigenvalue weighted by Gasteiger charge is 2.18. The molecule has 0 fully saturated rings. The van der Waals surface area contributed by atoms with Crippen molar-refractivity contribution in [2.45, 2.75) is 27.2 Å². The molecule has 0 radical (unpaired) electrons. The Bertz CT molecular complexity index is 983. The lowest BCUT2D eigenvalue weighted by atomic mass is 10.1. The Hall–Kier alpha value is -2.80. The number of aryl methyl sites for hydroxylation is 3. The first kappa shape index (κ1) is 19.0. The van der Waals surface area contributed by atoms with Crippen LogP contribution >= 0.6 is 11.3 Å². The molecule has 27 heavy (non-hydrogen) atoms. The van der Waals surface area contributed by atoms with Gasteiger partial charge in [0.1, 0.15) is 10.7 Å². The molecule has 2 N–H and O–H groups in total. The standard InChI is InChI=1S/C20H22N4O2S/c1-12-17-13(2)23-14(3)24-20(17)27-18(12)19(26)22-10-9-21-16(25)11-15-7-5-4-6-8-15/h4-8H,9-11H2,1-3H3,(H,21,25)(H,22,26). The van der Waals surface area contributed by atoms with Crippen molar-refractivity contribution in [3.63, 3.8) is 0 Å². The number of benzene rings is 1. The van der Waals surface area contributed by atoms with Crippen molar-refractivity contribution in [1.29, 1.82) is 0 Å². The minimum absolute atomic E-state index is 0.0603. The van der Waals surface area contributed by atoms with Crippen LogP contribution in [0.4, 0.5) is 0 Å². The Labute approximate surface area is 162 Å². The van der Waals surface area contributed by atoms with E-state index < -0.39 is 0 Å².